The molecule has 1 aromatic carbocycles. The third-order valence-electron chi connectivity index (χ3n) is 4.08. The summed E-state index contributed by atoms with van der Waals surface area (Å²) in [5.41, 5.74) is 5.18. The van der Waals surface area contributed by atoms with Gasteiger partial charge in [0.05, 0.1) is 16.8 Å². The van der Waals surface area contributed by atoms with Crippen LogP contribution in [0.25, 0.3) is 0 Å². The number of amides is 1. The van der Waals surface area contributed by atoms with Crippen molar-refractivity contribution in [3.05, 3.63) is 63.1 Å². The van der Waals surface area contributed by atoms with Gasteiger partial charge in [-0.1, -0.05) is 17.7 Å². The van der Waals surface area contributed by atoms with Crippen molar-refractivity contribution >= 4 is 22.9 Å². The fourth-order valence-corrected chi connectivity index (χ4v) is 3.71. The zero-order valence-corrected chi connectivity index (χ0v) is 16.3. The zero-order chi connectivity index (χ0) is 18.7. The molecule has 5 nitrogen and oxygen atoms in total. The number of nitrogens with one attached hydrogen (secondary N) is 1. The van der Waals surface area contributed by atoms with Crippen molar-refractivity contribution in [3.8, 4) is 5.75 Å². The first-order valence-corrected chi connectivity index (χ1v) is 9.46. The molecule has 136 valence electrons. The maximum atomic E-state index is 12.4. The highest BCUT2D eigenvalue weighted by Gasteiger charge is 2.12. The van der Waals surface area contributed by atoms with Crippen LogP contribution in [0.2, 0.25) is 0 Å². The maximum Gasteiger partial charge on any atom is 0.265 e. The third-order valence-corrected chi connectivity index (χ3v) is 5.06. The molecule has 0 saturated carbocycles. The van der Waals surface area contributed by atoms with Crippen LogP contribution >= 0.6 is 11.3 Å². The van der Waals surface area contributed by atoms with E-state index in [1.807, 2.05) is 24.6 Å². The molecule has 6 heteroatoms. The Labute approximate surface area is 157 Å². The molecule has 0 fully saturated rings. The minimum atomic E-state index is -0.125. The van der Waals surface area contributed by atoms with Gasteiger partial charge in [0.2, 0.25) is 0 Å². The monoisotopic (exact) mass is 369 g/mol. The van der Waals surface area contributed by atoms with Crippen LogP contribution in [0.5, 0.6) is 5.75 Å². The zero-order valence-electron chi connectivity index (χ0n) is 15.5. The molecule has 0 atom stereocenters. The summed E-state index contributed by atoms with van der Waals surface area (Å²) in [5, 5.41) is 8.99. The van der Waals surface area contributed by atoms with Crippen molar-refractivity contribution in [3.63, 3.8) is 0 Å². The van der Waals surface area contributed by atoms with Gasteiger partial charge in [-0.2, -0.15) is 5.10 Å². The number of ether oxygens (including phenoxy) is 1. The fraction of sp³-hybridized carbons (Fsp3) is 0.300. The second-order valence-electron chi connectivity index (χ2n) is 6.37. The van der Waals surface area contributed by atoms with Gasteiger partial charge in [-0.05, 0) is 50.3 Å². The molecule has 0 bridgehead atoms. The summed E-state index contributed by atoms with van der Waals surface area (Å²) < 4.78 is 7.77. The van der Waals surface area contributed by atoms with Gasteiger partial charge >= 0.3 is 0 Å². The van der Waals surface area contributed by atoms with Gasteiger partial charge in [0, 0.05) is 18.3 Å². The van der Waals surface area contributed by atoms with Crippen molar-refractivity contribution in [1.29, 1.82) is 0 Å². The lowest BCUT2D eigenvalue weighted by atomic mass is 10.1. The van der Waals surface area contributed by atoms with Crippen LogP contribution < -0.4 is 10.1 Å². The standard InChI is InChI=1S/C20H23N3O2S/c1-5-23-10-17(9-21-23)22-20(24)18-8-16(12-26-18)11-25-19-14(3)6-13(2)7-15(19)4/h6-10,12H,5,11H2,1-4H3,(H,22,24). The lowest BCUT2D eigenvalue weighted by Gasteiger charge is -2.12. The van der Waals surface area contributed by atoms with Crippen LogP contribution in [-0.2, 0) is 13.2 Å². The van der Waals surface area contributed by atoms with Gasteiger partial charge < -0.3 is 10.1 Å². The summed E-state index contributed by atoms with van der Waals surface area (Å²) in [7, 11) is 0. The summed E-state index contributed by atoms with van der Waals surface area (Å²) in [6.07, 6.45) is 3.47. The molecule has 3 aromatic rings. The molecule has 0 radical (unpaired) electrons. The Hall–Kier alpha value is -2.60. The van der Waals surface area contributed by atoms with E-state index >= 15 is 0 Å². The number of carbonyl (C=O) groups is 1. The van der Waals surface area contributed by atoms with E-state index < -0.39 is 0 Å². The van der Waals surface area contributed by atoms with E-state index in [1.54, 1.807) is 10.9 Å². The Morgan fingerprint density at radius 1 is 1.23 bits per heavy atom. The first-order valence-electron chi connectivity index (χ1n) is 8.58. The number of nitrogens with zero attached hydrogens (tertiary/aromatic N) is 2. The Balaban J connectivity index is 1.63. The summed E-state index contributed by atoms with van der Waals surface area (Å²) in [6.45, 7) is 9.41. The Bertz CT molecular complexity index is 904. The molecule has 0 aliphatic heterocycles. The molecule has 3 rings (SSSR count). The molecule has 0 spiro atoms. The molecular weight excluding hydrogens is 346 g/mol. The van der Waals surface area contributed by atoms with Crippen LogP contribution in [-0.4, -0.2) is 15.7 Å². The first-order chi connectivity index (χ1) is 12.5. The van der Waals surface area contributed by atoms with Crippen molar-refractivity contribution in [2.24, 2.45) is 0 Å². The van der Waals surface area contributed by atoms with E-state index in [0.717, 1.165) is 29.0 Å². The van der Waals surface area contributed by atoms with Gasteiger partial charge in [-0.15, -0.1) is 11.3 Å². The topological polar surface area (TPSA) is 56.2 Å². The van der Waals surface area contributed by atoms with E-state index in [0.29, 0.717) is 17.2 Å². The number of carbonyl (C=O) groups excluding carboxylic acids is 1. The fourth-order valence-electron chi connectivity index (χ4n) is 2.91. The number of hydrogen-bond acceptors (Lipinski definition) is 4. The van der Waals surface area contributed by atoms with Crippen LogP contribution in [0.4, 0.5) is 5.69 Å². The van der Waals surface area contributed by atoms with Crippen LogP contribution in [0, 0.1) is 20.8 Å². The third kappa shape index (κ3) is 4.14. The SMILES string of the molecule is CCn1cc(NC(=O)c2cc(COc3c(C)cc(C)cc3C)cs2)cn1. The Kier molecular flexibility index (Phi) is 5.42. The molecule has 0 aliphatic carbocycles. The molecule has 0 aliphatic rings. The van der Waals surface area contributed by atoms with Crippen LogP contribution in [0.15, 0.2) is 36.0 Å². The van der Waals surface area contributed by atoms with Gasteiger partial charge in [0.25, 0.3) is 5.91 Å². The Morgan fingerprint density at radius 3 is 2.62 bits per heavy atom. The molecule has 0 unspecified atom stereocenters. The summed E-state index contributed by atoms with van der Waals surface area (Å²) in [6, 6.07) is 6.11. The highest BCUT2D eigenvalue weighted by molar-refractivity contribution is 7.12. The average molecular weight is 369 g/mol. The van der Waals surface area contributed by atoms with Gasteiger partial charge in [-0.3, -0.25) is 9.48 Å². The maximum absolute atomic E-state index is 12.4. The van der Waals surface area contributed by atoms with Crippen molar-refractivity contribution in [2.75, 3.05) is 5.32 Å². The first kappa shape index (κ1) is 18.2. The van der Waals surface area contributed by atoms with Gasteiger partial charge in [-0.25, -0.2) is 0 Å². The molecule has 1 N–H and O–H groups in total. The number of hydrogen-bond donors (Lipinski definition) is 1. The highest BCUT2D eigenvalue weighted by Crippen LogP contribution is 2.26. The summed E-state index contributed by atoms with van der Waals surface area (Å²) in [5.74, 6) is 0.791. The van der Waals surface area contributed by atoms with Crippen molar-refractivity contribution < 1.29 is 9.53 Å². The smallest absolute Gasteiger partial charge is 0.265 e. The van der Waals surface area contributed by atoms with Crippen LogP contribution in [0.3, 0.4) is 0 Å². The quantitative estimate of drug-likeness (QED) is 0.684. The minimum absolute atomic E-state index is 0.125. The van der Waals surface area contributed by atoms with E-state index in [2.05, 4.69) is 43.3 Å². The number of aryl methyl sites for hydroxylation is 4. The molecule has 2 heterocycles. The summed E-state index contributed by atoms with van der Waals surface area (Å²) in [4.78, 5) is 13.0. The predicted molar refractivity (Wildman–Crippen MR) is 105 cm³/mol. The summed E-state index contributed by atoms with van der Waals surface area (Å²) >= 11 is 1.42. The molecule has 2 aromatic heterocycles. The van der Waals surface area contributed by atoms with Crippen molar-refractivity contribution in [2.45, 2.75) is 40.8 Å². The number of thiophene rings is 1. The van der Waals surface area contributed by atoms with E-state index in [-0.39, 0.29) is 5.91 Å². The van der Waals surface area contributed by atoms with E-state index in [4.69, 9.17) is 4.74 Å². The minimum Gasteiger partial charge on any atom is -0.488 e. The normalized spacial score (nSPS) is 10.8. The lowest BCUT2D eigenvalue weighted by Crippen LogP contribution is -2.09. The van der Waals surface area contributed by atoms with Crippen LogP contribution in [0.1, 0.15) is 38.8 Å². The largest absolute Gasteiger partial charge is 0.488 e. The Morgan fingerprint density at radius 2 is 1.96 bits per heavy atom. The number of benzene rings is 1. The number of rotatable bonds is 6. The number of aromatic nitrogens is 2. The average Bonchev–Trinajstić information content (AvgIpc) is 3.23. The molecular formula is C20H23N3O2S. The lowest BCUT2D eigenvalue weighted by molar-refractivity contribution is 0.103. The van der Waals surface area contributed by atoms with E-state index in [9.17, 15) is 4.79 Å². The molecule has 1 amide bonds. The predicted octanol–water partition coefficient (Wildman–Crippen LogP) is 4.72. The van der Waals surface area contributed by atoms with Gasteiger partial charge in [0.15, 0.2) is 0 Å². The molecule has 0 saturated heterocycles. The van der Waals surface area contributed by atoms with Crippen molar-refractivity contribution in [1.82, 2.24) is 9.78 Å². The second kappa shape index (κ2) is 7.74. The van der Waals surface area contributed by atoms with E-state index in [1.165, 1.54) is 16.9 Å². The second-order valence-corrected chi connectivity index (χ2v) is 7.29. The number of anilines is 1. The van der Waals surface area contributed by atoms with Gasteiger partial charge in [0.1, 0.15) is 12.4 Å². The molecule has 26 heavy (non-hydrogen) atoms. The highest BCUT2D eigenvalue weighted by atomic mass is 32.1.